The van der Waals surface area contributed by atoms with E-state index in [0.717, 1.165) is 12.1 Å². The van der Waals surface area contributed by atoms with E-state index in [0.29, 0.717) is 24.9 Å². The minimum Gasteiger partial charge on any atom is -0.341 e. The highest BCUT2D eigenvalue weighted by molar-refractivity contribution is 5.76. The lowest BCUT2D eigenvalue weighted by atomic mass is 9.90. The Bertz CT molecular complexity index is 429. The Kier molecular flexibility index (Phi) is 4.58. The van der Waals surface area contributed by atoms with E-state index in [-0.39, 0.29) is 5.91 Å². The minimum atomic E-state index is 0.204. The van der Waals surface area contributed by atoms with Crippen molar-refractivity contribution in [2.24, 2.45) is 13.0 Å². The van der Waals surface area contributed by atoms with Crippen LogP contribution in [0.25, 0.3) is 0 Å². The van der Waals surface area contributed by atoms with Gasteiger partial charge in [-0.05, 0) is 25.3 Å². The summed E-state index contributed by atoms with van der Waals surface area (Å²) in [6.07, 6.45) is 6.79. The van der Waals surface area contributed by atoms with Gasteiger partial charge in [-0.2, -0.15) is 5.10 Å². The van der Waals surface area contributed by atoms with Gasteiger partial charge in [0.05, 0.1) is 6.20 Å². The summed E-state index contributed by atoms with van der Waals surface area (Å²) in [5.74, 6) is 0.791. The summed E-state index contributed by atoms with van der Waals surface area (Å²) in [6, 6.07) is 0.331. The van der Waals surface area contributed by atoms with Gasteiger partial charge in [-0.3, -0.25) is 9.48 Å². The monoisotopic (exact) mass is 264 g/mol. The van der Waals surface area contributed by atoms with Crippen molar-refractivity contribution in [1.29, 1.82) is 0 Å². The lowest BCUT2D eigenvalue weighted by molar-refractivity contribution is -0.131. The number of hydrogen-bond donors (Lipinski definition) is 1. The molecule has 1 N–H and O–H groups in total. The number of nitrogens with zero attached hydrogens (tertiary/aromatic N) is 3. The molecule has 2 unspecified atom stereocenters. The van der Waals surface area contributed by atoms with Crippen molar-refractivity contribution in [3.8, 4) is 0 Å². The molecular formula is C14H24N4O. The quantitative estimate of drug-likeness (QED) is 0.887. The predicted octanol–water partition coefficient (Wildman–Crippen LogP) is 1.16. The van der Waals surface area contributed by atoms with Crippen LogP contribution in [-0.2, 0) is 18.4 Å². The summed E-state index contributed by atoms with van der Waals surface area (Å²) >= 11 is 0. The van der Waals surface area contributed by atoms with Crippen molar-refractivity contribution < 1.29 is 4.79 Å². The number of nitrogens with one attached hydrogen (secondary N) is 1. The molecule has 2 atom stereocenters. The molecule has 1 aliphatic heterocycles. The van der Waals surface area contributed by atoms with Crippen LogP contribution in [0.1, 0.15) is 31.7 Å². The number of hydrogen-bond acceptors (Lipinski definition) is 3. The Morgan fingerprint density at radius 1 is 1.63 bits per heavy atom. The molecule has 1 amide bonds. The van der Waals surface area contributed by atoms with Gasteiger partial charge in [0.2, 0.25) is 5.91 Å². The Morgan fingerprint density at radius 3 is 3.05 bits per heavy atom. The van der Waals surface area contributed by atoms with Crippen LogP contribution in [0.2, 0.25) is 0 Å². The first kappa shape index (κ1) is 14.1. The average Bonchev–Trinajstić information content (AvgIpc) is 2.77. The van der Waals surface area contributed by atoms with Gasteiger partial charge >= 0.3 is 0 Å². The largest absolute Gasteiger partial charge is 0.341 e. The number of amides is 1. The summed E-state index contributed by atoms with van der Waals surface area (Å²) in [5, 5.41) is 7.58. The molecule has 106 valence electrons. The van der Waals surface area contributed by atoms with E-state index in [2.05, 4.69) is 17.3 Å². The zero-order chi connectivity index (χ0) is 13.8. The highest BCUT2D eigenvalue weighted by Gasteiger charge is 2.24. The van der Waals surface area contributed by atoms with Gasteiger partial charge in [-0.15, -0.1) is 0 Å². The molecule has 19 heavy (non-hydrogen) atoms. The van der Waals surface area contributed by atoms with E-state index in [1.165, 1.54) is 12.8 Å². The second-order valence-corrected chi connectivity index (χ2v) is 5.66. The smallest absolute Gasteiger partial charge is 0.224 e. The van der Waals surface area contributed by atoms with E-state index in [1.54, 1.807) is 9.58 Å². The van der Waals surface area contributed by atoms with E-state index in [1.807, 2.05) is 26.5 Å². The number of piperidine rings is 1. The van der Waals surface area contributed by atoms with E-state index >= 15 is 0 Å². The first-order valence-corrected chi connectivity index (χ1v) is 7.01. The maximum Gasteiger partial charge on any atom is 0.224 e. The Morgan fingerprint density at radius 2 is 2.42 bits per heavy atom. The number of aromatic nitrogens is 2. The van der Waals surface area contributed by atoms with Gasteiger partial charge in [0.1, 0.15) is 0 Å². The standard InChI is InChI=1S/C14H24N4O/c1-11-5-4-6-15-13(11)7-14(19)17(2)9-12-8-16-18(3)10-12/h8,10-11,13,15H,4-7,9H2,1-3H3. The second-order valence-electron chi connectivity index (χ2n) is 5.66. The number of rotatable bonds is 4. The molecule has 2 heterocycles. The zero-order valence-electron chi connectivity index (χ0n) is 12.1. The van der Waals surface area contributed by atoms with Gasteiger partial charge in [0.25, 0.3) is 0 Å². The molecule has 0 aromatic carbocycles. The third kappa shape index (κ3) is 3.80. The van der Waals surface area contributed by atoms with Crippen molar-refractivity contribution in [2.75, 3.05) is 13.6 Å². The molecule has 0 spiro atoms. The van der Waals surface area contributed by atoms with E-state index in [9.17, 15) is 4.79 Å². The molecule has 5 nitrogen and oxygen atoms in total. The van der Waals surface area contributed by atoms with Crippen molar-refractivity contribution in [1.82, 2.24) is 20.0 Å². The van der Waals surface area contributed by atoms with Crippen LogP contribution in [-0.4, -0.2) is 40.2 Å². The Balaban J connectivity index is 1.85. The van der Waals surface area contributed by atoms with Crippen LogP contribution in [0.4, 0.5) is 0 Å². The Labute approximate surface area is 115 Å². The van der Waals surface area contributed by atoms with Crippen molar-refractivity contribution in [3.05, 3.63) is 18.0 Å². The van der Waals surface area contributed by atoms with Crippen LogP contribution in [0, 0.1) is 5.92 Å². The molecule has 0 bridgehead atoms. The number of carbonyl (C=O) groups is 1. The molecule has 5 heteroatoms. The van der Waals surface area contributed by atoms with Crippen LogP contribution < -0.4 is 5.32 Å². The fraction of sp³-hybridized carbons (Fsp3) is 0.714. The van der Waals surface area contributed by atoms with E-state index < -0.39 is 0 Å². The van der Waals surface area contributed by atoms with Crippen molar-refractivity contribution in [2.45, 2.75) is 38.8 Å². The fourth-order valence-electron chi connectivity index (χ4n) is 2.65. The molecule has 0 radical (unpaired) electrons. The number of carbonyl (C=O) groups excluding carboxylic acids is 1. The summed E-state index contributed by atoms with van der Waals surface area (Å²) in [4.78, 5) is 14.0. The van der Waals surface area contributed by atoms with Crippen LogP contribution in [0.15, 0.2) is 12.4 Å². The third-order valence-electron chi connectivity index (χ3n) is 3.93. The van der Waals surface area contributed by atoms with Crippen molar-refractivity contribution >= 4 is 5.91 Å². The van der Waals surface area contributed by atoms with Gasteiger partial charge < -0.3 is 10.2 Å². The maximum atomic E-state index is 12.2. The summed E-state index contributed by atoms with van der Waals surface area (Å²) in [6.45, 7) is 3.90. The van der Waals surface area contributed by atoms with Gasteiger partial charge in [0, 0.05) is 44.9 Å². The molecule has 1 saturated heterocycles. The summed E-state index contributed by atoms with van der Waals surface area (Å²) in [5.41, 5.74) is 1.07. The topological polar surface area (TPSA) is 50.2 Å². The SMILES string of the molecule is CC1CCCNC1CC(=O)N(C)Cc1cnn(C)c1. The molecular weight excluding hydrogens is 240 g/mol. The molecule has 0 aliphatic carbocycles. The number of aryl methyl sites for hydroxylation is 1. The van der Waals surface area contributed by atoms with Crippen LogP contribution >= 0.6 is 0 Å². The fourth-order valence-corrected chi connectivity index (χ4v) is 2.65. The van der Waals surface area contributed by atoms with E-state index in [4.69, 9.17) is 0 Å². The van der Waals surface area contributed by atoms with Crippen molar-refractivity contribution in [3.63, 3.8) is 0 Å². The third-order valence-corrected chi connectivity index (χ3v) is 3.93. The zero-order valence-corrected chi connectivity index (χ0v) is 12.1. The lowest BCUT2D eigenvalue weighted by Crippen LogP contribution is -2.43. The normalized spacial score (nSPS) is 23.3. The van der Waals surface area contributed by atoms with Crippen LogP contribution in [0.3, 0.4) is 0 Å². The summed E-state index contributed by atoms with van der Waals surface area (Å²) < 4.78 is 1.76. The average molecular weight is 264 g/mol. The highest BCUT2D eigenvalue weighted by Crippen LogP contribution is 2.18. The predicted molar refractivity (Wildman–Crippen MR) is 74.5 cm³/mol. The first-order valence-electron chi connectivity index (χ1n) is 7.01. The second kappa shape index (κ2) is 6.19. The highest BCUT2D eigenvalue weighted by atomic mass is 16.2. The van der Waals surface area contributed by atoms with Crippen LogP contribution in [0.5, 0.6) is 0 Å². The molecule has 1 aromatic rings. The Hall–Kier alpha value is -1.36. The minimum absolute atomic E-state index is 0.204. The van der Waals surface area contributed by atoms with Gasteiger partial charge in [-0.25, -0.2) is 0 Å². The van der Waals surface area contributed by atoms with Gasteiger partial charge in [-0.1, -0.05) is 6.92 Å². The molecule has 1 aromatic heterocycles. The first-order chi connectivity index (χ1) is 9.06. The molecule has 1 fully saturated rings. The molecule has 2 rings (SSSR count). The summed E-state index contributed by atoms with van der Waals surface area (Å²) in [7, 11) is 3.75. The lowest BCUT2D eigenvalue weighted by Gasteiger charge is -2.31. The maximum absolute atomic E-state index is 12.2. The molecule has 1 aliphatic rings. The molecule has 0 saturated carbocycles. The van der Waals surface area contributed by atoms with Gasteiger partial charge in [0.15, 0.2) is 0 Å².